The largest absolute Gasteiger partial charge is 1.00 e. The molecule has 0 saturated heterocycles. The molecule has 0 atom stereocenters. The zero-order valence-corrected chi connectivity index (χ0v) is 14.0. The maximum Gasteiger partial charge on any atom is 0.0783 e. The third kappa shape index (κ3) is 12.2. The van der Waals surface area contributed by atoms with Crippen LogP contribution in [0.4, 0.5) is 0 Å². The zero-order chi connectivity index (χ0) is 12.9. The Morgan fingerprint density at radius 2 is 0.941 bits per heavy atom. The fourth-order valence-corrected chi connectivity index (χ4v) is 2.57. The fourth-order valence-electron chi connectivity index (χ4n) is 2.57. The minimum Gasteiger partial charge on any atom is -1.00 e. The summed E-state index contributed by atoms with van der Waals surface area (Å²) in [5.41, 5.74) is 0. The maximum absolute atomic E-state index is 7.32. The highest BCUT2D eigenvalue weighted by Crippen LogP contribution is 2.12. The van der Waals surface area contributed by atoms with Crippen LogP contribution in [0.3, 0.4) is 0 Å². The normalized spacial score (nSPS) is 9.65. The molecule has 17 heavy (non-hydrogen) atoms. The van der Waals surface area contributed by atoms with E-state index in [1.54, 1.807) is 6.07 Å². The lowest BCUT2D eigenvalue weighted by molar-refractivity contribution is -0.928. The van der Waals surface area contributed by atoms with Crippen LogP contribution in [0.15, 0.2) is 0 Å². The summed E-state index contributed by atoms with van der Waals surface area (Å²) in [5, 5.41) is 7.32. The van der Waals surface area contributed by atoms with Crippen molar-refractivity contribution in [2.24, 2.45) is 0 Å². The molecule has 0 aliphatic carbocycles. The maximum atomic E-state index is 7.32. The molecule has 0 aromatic rings. The SMILES string of the molecule is CC#N.CCC[N+](CCC)(CCC)CCC.[Br-]. The monoisotopic (exact) mass is 306 g/mol. The third-order valence-electron chi connectivity index (χ3n) is 2.79. The average Bonchev–Trinajstić information content (AvgIpc) is 2.20. The highest BCUT2D eigenvalue weighted by atomic mass is 79.9. The molecule has 0 fully saturated rings. The van der Waals surface area contributed by atoms with Crippen LogP contribution in [0.1, 0.15) is 60.3 Å². The Balaban J connectivity index is -0.000000440. The summed E-state index contributed by atoms with van der Waals surface area (Å²) >= 11 is 0. The van der Waals surface area contributed by atoms with E-state index in [2.05, 4.69) is 27.7 Å². The van der Waals surface area contributed by atoms with E-state index in [1.807, 2.05) is 0 Å². The van der Waals surface area contributed by atoms with Gasteiger partial charge in [-0.3, -0.25) is 0 Å². The van der Waals surface area contributed by atoms with Crippen molar-refractivity contribution in [1.29, 1.82) is 5.26 Å². The Bertz CT molecular complexity index is 146. The minimum absolute atomic E-state index is 0. The summed E-state index contributed by atoms with van der Waals surface area (Å²) < 4.78 is 1.38. The second kappa shape index (κ2) is 15.9. The molecule has 0 aromatic heterocycles. The first-order chi connectivity index (χ1) is 7.66. The predicted octanol–water partition coefficient (Wildman–Crippen LogP) is 0.977. The quantitative estimate of drug-likeness (QED) is 0.613. The molecule has 0 aliphatic rings. The molecular weight excluding hydrogens is 276 g/mol. The molecule has 0 aromatic carbocycles. The summed E-state index contributed by atoms with van der Waals surface area (Å²) in [7, 11) is 0. The van der Waals surface area contributed by atoms with Gasteiger partial charge >= 0.3 is 0 Å². The Labute approximate surface area is 119 Å². The number of hydrogen-bond acceptors (Lipinski definition) is 1. The van der Waals surface area contributed by atoms with Crippen LogP contribution in [0.2, 0.25) is 0 Å². The van der Waals surface area contributed by atoms with Crippen molar-refractivity contribution in [3.8, 4) is 6.07 Å². The highest BCUT2D eigenvalue weighted by Gasteiger charge is 2.22. The Morgan fingerprint density at radius 1 is 0.765 bits per heavy atom. The van der Waals surface area contributed by atoms with E-state index in [4.69, 9.17) is 5.26 Å². The molecule has 0 amide bonds. The Morgan fingerprint density at radius 3 is 1.06 bits per heavy atom. The number of nitrogens with zero attached hydrogens (tertiary/aromatic N) is 2. The molecule has 0 rings (SSSR count). The fraction of sp³-hybridized carbons (Fsp3) is 0.929. The van der Waals surface area contributed by atoms with Gasteiger partial charge in [0.15, 0.2) is 0 Å². The van der Waals surface area contributed by atoms with E-state index in [1.165, 1.54) is 63.3 Å². The molecule has 104 valence electrons. The van der Waals surface area contributed by atoms with E-state index >= 15 is 0 Å². The lowest BCUT2D eigenvalue weighted by Crippen LogP contribution is -3.00. The van der Waals surface area contributed by atoms with Gasteiger partial charge in [-0.25, -0.2) is 0 Å². The van der Waals surface area contributed by atoms with Crippen molar-refractivity contribution >= 4 is 0 Å². The first kappa shape index (κ1) is 22.1. The van der Waals surface area contributed by atoms with E-state index in [0.29, 0.717) is 0 Å². The van der Waals surface area contributed by atoms with Crippen molar-refractivity contribution < 1.29 is 21.5 Å². The third-order valence-corrected chi connectivity index (χ3v) is 2.79. The van der Waals surface area contributed by atoms with Gasteiger partial charge in [0.1, 0.15) is 0 Å². The van der Waals surface area contributed by atoms with Crippen LogP contribution in [-0.4, -0.2) is 30.7 Å². The van der Waals surface area contributed by atoms with Gasteiger partial charge in [0.25, 0.3) is 0 Å². The second-order valence-corrected chi connectivity index (χ2v) is 4.46. The van der Waals surface area contributed by atoms with Crippen LogP contribution in [0, 0.1) is 11.3 Å². The van der Waals surface area contributed by atoms with E-state index in [-0.39, 0.29) is 17.0 Å². The van der Waals surface area contributed by atoms with Crippen LogP contribution < -0.4 is 17.0 Å². The molecule has 0 aliphatic heterocycles. The topological polar surface area (TPSA) is 23.8 Å². The molecule has 3 heteroatoms. The summed E-state index contributed by atoms with van der Waals surface area (Å²) in [4.78, 5) is 0. The van der Waals surface area contributed by atoms with Gasteiger partial charge in [-0.1, -0.05) is 27.7 Å². The number of rotatable bonds is 8. The molecule has 0 spiro atoms. The lowest BCUT2D eigenvalue weighted by Gasteiger charge is -2.38. The summed E-state index contributed by atoms with van der Waals surface area (Å²) in [5.74, 6) is 0. The smallest absolute Gasteiger partial charge is 0.0783 e. The van der Waals surface area contributed by atoms with E-state index < -0.39 is 0 Å². The molecule has 2 nitrogen and oxygen atoms in total. The highest BCUT2D eigenvalue weighted by molar-refractivity contribution is 4.51. The predicted molar refractivity (Wildman–Crippen MR) is 72.2 cm³/mol. The van der Waals surface area contributed by atoms with Gasteiger partial charge in [-0.2, -0.15) is 5.26 Å². The van der Waals surface area contributed by atoms with Crippen LogP contribution in [-0.2, 0) is 0 Å². The molecule has 0 saturated carbocycles. The number of hydrogen-bond donors (Lipinski definition) is 0. The molecule has 0 heterocycles. The van der Waals surface area contributed by atoms with Crippen molar-refractivity contribution in [1.82, 2.24) is 0 Å². The average molecular weight is 307 g/mol. The van der Waals surface area contributed by atoms with Crippen LogP contribution in [0.5, 0.6) is 0 Å². The van der Waals surface area contributed by atoms with Gasteiger partial charge in [-0.15, -0.1) is 0 Å². The summed E-state index contributed by atoms with van der Waals surface area (Å²) in [6, 6.07) is 1.75. The van der Waals surface area contributed by atoms with Crippen molar-refractivity contribution in [2.45, 2.75) is 60.3 Å². The van der Waals surface area contributed by atoms with Gasteiger partial charge in [0.2, 0.25) is 0 Å². The minimum atomic E-state index is 0. The second-order valence-electron chi connectivity index (χ2n) is 4.46. The van der Waals surface area contributed by atoms with Gasteiger partial charge < -0.3 is 21.5 Å². The lowest BCUT2D eigenvalue weighted by atomic mass is 10.2. The van der Waals surface area contributed by atoms with E-state index in [0.717, 1.165) is 0 Å². The van der Waals surface area contributed by atoms with Crippen molar-refractivity contribution in [3.63, 3.8) is 0 Å². The first-order valence-corrected chi connectivity index (χ1v) is 6.82. The van der Waals surface area contributed by atoms with Gasteiger partial charge in [0, 0.05) is 6.92 Å². The van der Waals surface area contributed by atoms with Gasteiger partial charge in [-0.05, 0) is 25.7 Å². The molecule has 0 bridgehead atoms. The standard InChI is InChI=1S/C12H28N.C2H3N.BrH/c1-5-9-13(10-6-2,11-7-3)12-8-4;1-2-3;/h5-12H2,1-4H3;1H3;1H/q+1;;/p-1. The molecular formula is C14H31BrN2. The molecule has 0 unspecified atom stereocenters. The Kier molecular flexibility index (Phi) is 20.7. The first-order valence-electron chi connectivity index (χ1n) is 6.82. The van der Waals surface area contributed by atoms with Crippen LogP contribution >= 0.6 is 0 Å². The molecule has 0 radical (unpaired) electrons. The van der Waals surface area contributed by atoms with Gasteiger partial charge in [0.05, 0.1) is 32.2 Å². The van der Waals surface area contributed by atoms with Crippen molar-refractivity contribution in [2.75, 3.05) is 26.2 Å². The van der Waals surface area contributed by atoms with Crippen molar-refractivity contribution in [3.05, 3.63) is 0 Å². The van der Waals surface area contributed by atoms with E-state index in [9.17, 15) is 0 Å². The van der Waals surface area contributed by atoms with Crippen LogP contribution in [0.25, 0.3) is 0 Å². The summed E-state index contributed by atoms with van der Waals surface area (Å²) in [6.45, 7) is 16.2. The Hall–Kier alpha value is -0.0700. The molecule has 0 N–H and O–H groups in total. The number of quaternary nitrogens is 1. The number of nitriles is 1. The number of halogens is 1. The summed E-state index contributed by atoms with van der Waals surface area (Å²) in [6.07, 6.45) is 5.33. The zero-order valence-electron chi connectivity index (χ0n) is 12.4.